The van der Waals surface area contributed by atoms with Gasteiger partial charge in [-0.05, 0) is 31.0 Å². The van der Waals surface area contributed by atoms with Crippen LogP contribution in [-0.2, 0) is 22.9 Å². The fourth-order valence-electron chi connectivity index (χ4n) is 2.91. The molecule has 0 unspecified atom stereocenters. The molecule has 0 radical (unpaired) electrons. The van der Waals surface area contributed by atoms with Crippen LogP contribution in [0.2, 0.25) is 0 Å². The van der Waals surface area contributed by atoms with Gasteiger partial charge in [-0.2, -0.15) is 0 Å². The third-order valence-electron chi connectivity index (χ3n) is 4.17. The third kappa shape index (κ3) is 3.78. The molecule has 0 spiro atoms. The average molecular weight is 319 g/mol. The molecule has 0 amide bonds. The van der Waals surface area contributed by atoms with Crippen molar-refractivity contribution in [2.75, 3.05) is 11.5 Å². The van der Waals surface area contributed by atoms with E-state index in [1.807, 2.05) is 12.1 Å². The zero-order valence-corrected chi connectivity index (χ0v) is 13.6. The maximum atomic E-state index is 11.8. The Morgan fingerprint density at radius 3 is 2.55 bits per heavy atom. The van der Waals surface area contributed by atoms with Gasteiger partial charge in [0.15, 0.2) is 9.84 Å². The molecule has 1 aromatic heterocycles. The Hall–Kier alpha value is -1.59. The molecule has 0 aliphatic carbocycles. The summed E-state index contributed by atoms with van der Waals surface area (Å²) >= 11 is 0. The third-order valence-corrected chi connectivity index (χ3v) is 5.92. The van der Waals surface area contributed by atoms with E-state index in [2.05, 4.69) is 36.1 Å². The van der Waals surface area contributed by atoms with Crippen LogP contribution in [0.5, 0.6) is 0 Å². The zero-order chi connectivity index (χ0) is 15.6. The second kappa shape index (κ2) is 6.26. The second-order valence-electron chi connectivity index (χ2n) is 6.03. The Labute approximate surface area is 131 Å². The number of nitrogens with zero attached hydrogens (tertiary/aromatic N) is 1. The number of hydrogen-bond acceptors (Lipinski definition) is 4. The Kier molecular flexibility index (Phi) is 4.36. The maximum absolute atomic E-state index is 11.8. The first-order chi connectivity index (χ1) is 10.5. The number of aryl methyl sites for hydroxylation is 1. The molecule has 3 rings (SSSR count). The monoisotopic (exact) mass is 319 g/mol. The minimum absolute atomic E-state index is 0.0661. The van der Waals surface area contributed by atoms with E-state index in [9.17, 15) is 8.42 Å². The minimum Gasteiger partial charge on any atom is -0.468 e. The number of hydrogen-bond donors (Lipinski definition) is 0. The van der Waals surface area contributed by atoms with E-state index in [0.717, 1.165) is 12.3 Å². The van der Waals surface area contributed by atoms with Crippen molar-refractivity contribution in [3.8, 4) is 0 Å². The molecule has 0 N–H and O–H groups in total. The van der Waals surface area contributed by atoms with Gasteiger partial charge < -0.3 is 4.42 Å². The van der Waals surface area contributed by atoms with Crippen LogP contribution in [0.25, 0.3) is 0 Å². The van der Waals surface area contributed by atoms with Gasteiger partial charge in [-0.1, -0.05) is 29.8 Å². The summed E-state index contributed by atoms with van der Waals surface area (Å²) in [4.78, 5) is 2.22. The van der Waals surface area contributed by atoms with Crippen LogP contribution in [0, 0.1) is 6.92 Å². The summed E-state index contributed by atoms with van der Waals surface area (Å²) in [5.41, 5.74) is 2.42. The van der Waals surface area contributed by atoms with Gasteiger partial charge in [0.25, 0.3) is 0 Å². The first-order valence-corrected chi connectivity index (χ1v) is 9.36. The van der Waals surface area contributed by atoms with Crippen LogP contribution >= 0.6 is 0 Å². The van der Waals surface area contributed by atoms with E-state index in [1.54, 1.807) is 6.26 Å². The second-order valence-corrected chi connectivity index (χ2v) is 8.26. The summed E-state index contributed by atoms with van der Waals surface area (Å²) in [5, 5.41) is 0. The Balaban J connectivity index is 1.78. The van der Waals surface area contributed by atoms with E-state index in [1.165, 1.54) is 11.1 Å². The molecule has 2 aromatic rings. The van der Waals surface area contributed by atoms with Crippen molar-refractivity contribution in [2.24, 2.45) is 0 Å². The molecule has 0 bridgehead atoms. The predicted molar refractivity (Wildman–Crippen MR) is 86.2 cm³/mol. The topological polar surface area (TPSA) is 50.5 Å². The fraction of sp³-hybridized carbons (Fsp3) is 0.412. The summed E-state index contributed by atoms with van der Waals surface area (Å²) in [6.07, 6.45) is 2.36. The number of sulfone groups is 1. The summed E-state index contributed by atoms with van der Waals surface area (Å²) < 4.78 is 29.0. The first-order valence-electron chi connectivity index (χ1n) is 7.54. The molecular formula is C17H21NO3S. The molecule has 1 aliphatic heterocycles. The highest BCUT2D eigenvalue weighted by Gasteiger charge is 2.32. The lowest BCUT2D eigenvalue weighted by Gasteiger charge is -2.27. The minimum atomic E-state index is -2.89. The lowest BCUT2D eigenvalue weighted by molar-refractivity contribution is 0.179. The number of benzene rings is 1. The molecule has 22 heavy (non-hydrogen) atoms. The lowest BCUT2D eigenvalue weighted by Crippen LogP contribution is -2.35. The van der Waals surface area contributed by atoms with Crippen LogP contribution in [0.1, 0.15) is 23.3 Å². The highest BCUT2D eigenvalue weighted by atomic mass is 32.2. The van der Waals surface area contributed by atoms with Crippen molar-refractivity contribution in [3.05, 3.63) is 59.5 Å². The van der Waals surface area contributed by atoms with Crippen molar-refractivity contribution >= 4 is 9.84 Å². The largest absolute Gasteiger partial charge is 0.468 e. The van der Waals surface area contributed by atoms with E-state index >= 15 is 0 Å². The molecule has 1 saturated heterocycles. The molecule has 2 heterocycles. The van der Waals surface area contributed by atoms with Gasteiger partial charge in [-0.15, -0.1) is 0 Å². The van der Waals surface area contributed by atoms with E-state index in [0.29, 0.717) is 18.7 Å². The van der Waals surface area contributed by atoms with Gasteiger partial charge >= 0.3 is 0 Å². The average Bonchev–Trinajstić information content (AvgIpc) is 3.10. The highest BCUT2D eigenvalue weighted by molar-refractivity contribution is 7.91. The predicted octanol–water partition coefficient (Wildman–Crippen LogP) is 2.78. The summed E-state index contributed by atoms with van der Waals surface area (Å²) in [7, 11) is -2.89. The maximum Gasteiger partial charge on any atom is 0.151 e. The van der Waals surface area contributed by atoms with Crippen molar-refractivity contribution in [1.29, 1.82) is 0 Å². The molecular weight excluding hydrogens is 298 g/mol. The van der Waals surface area contributed by atoms with Crippen LogP contribution < -0.4 is 0 Å². The summed E-state index contributed by atoms with van der Waals surface area (Å²) in [6, 6.07) is 12.3. The Morgan fingerprint density at radius 2 is 1.95 bits per heavy atom. The van der Waals surface area contributed by atoms with Gasteiger partial charge in [-0.3, -0.25) is 4.90 Å². The smallest absolute Gasteiger partial charge is 0.151 e. The molecule has 1 fully saturated rings. The summed E-state index contributed by atoms with van der Waals surface area (Å²) in [6.45, 7) is 3.44. The molecule has 118 valence electrons. The van der Waals surface area contributed by atoms with Gasteiger partial charge in [0.2, 0.25) is 0 Å². The lowest BCUT2D eigenvalue weighted by atomic mass is 10.1. The van der Waals surface area contributed by atoms with Gasteiger partial charge in [0.1, 0.15) is 5.76 Å². The molecule has 5 heteroatoms. The van der Waals surface area contributed by atoms with Crippen LogP contribution in [0.4, 0.5) is 0 Å². The standard InChI is InChI=1S/C17H21NO3S/c1-14-4-6-15(7-5-14)11-18(12-17-3-2-9-21-17)16-8-10-22(19,20)13-16/h2-7,9,16H,8,10-13H2,1H3/t16-/m1/s1. The van der Waals surface area contributed by atoms with Crippen LogP contribution in [0.3, 0.4) is 0 Å². The summed E-state index contributed by atoms with van der Waals surface area (Å²) in [5.74, 6) is 1.41. The van der Waals surface area contributed by atoms with Crippen LogP contribution in [-0.4, -0.2) is 30.9 Å². The van der Waals surface area contributed by atoms with Crippen molar-refractivity contribution in [3.63, 3.8) is 0 Å². The first kappa shape index (κ1) is 15.3. The van der Waals surface area contributed by atoms with E-state index in [-0.39, 0.29) is 11.8 Å². The zero-order valence-electron chi connectivity index (χ0n) is 12.7. The van der Waals surface area contributed by atoms with Gasteiger partial charge in [-0.25, -0.2) is 8.42 Å². The normalized spacial score (nSPS) is 20.5. The van der Waals surface area contributed by atoms with E-state index in [4.69, 9.17) is 4.42 Å². The van der Waals surface area contributed by atoms with Crippen LogP contribution in [0.15, 0.2) is 47.1 Å². The molecule has 0 saturated carbocycles. The fourth-order valence-corrected chi connectivity index (χ4v) is 4.67. The number of rotatable bonds is 5. The SMILES string of the molecule is Cc1ccc(CN(Cc2ccco2)[C@@H]2CCS(=O)(=O)C2)cc1. The quantitative estimate of drug-likeness (QED) is 0.850. The Bertz CT molecular complexity index is 705. The molecule has 1 aliphatic rings. The molecule has 4 nitrogen and oxygen atoms in total. The highest BCUT2D eigenvalue weighted by Crippen LogP contribution is 2.22. The Morgan fingerprint density at radius 1 is 1.18 bits per heavy atom. The molecule has 1 atom stereocenters. The molecule has 1 aromatic carbocycles. The van der Waals surface area contributed by atoms with Gasteiger partial charge in [0.05, 0.1) is 24.3 Å². The van der Waals surface area contributed by atoms with Crippen molar-refractivity contribution in [1.82, 2.24) is 4.90 Å². The van der Waals surface area contributed by atoms with Crippen molar-refractivity contribution < 1.29 is 12.8 Å². The van der Waals surface area contributed by atoms with E-state index < -0.39 is 9.84 Å². The van der Waals surface area contributed by atoms with Gasteiger partial charge in [0, 0.05) is 12.6 Å². The number of furan rings is 1. The van der Waals surface area contributed by atoms with Crippen molar-refractivity contribution in [2.45, 2.75) is 32.5 Å².